The second-order valence-electron chi connectivity index (χ2n) is 17.2. The van der Waals surface area contributed by atoms with Crippen molar-refractivity contribution in [2.75, 3.05) is 34.8 Å². The van der Waals surface area contributed by atoms with E-state index in [1.807, 2.05) is 19.1 Å². The Kier molecular flexibility index (Phi) is 18.6. The van der Waals surface area contributed by atoms with Crippen LogP contribution in [-0.2, 0) is 9.47 Å². The van der Waals surface area contributed by atoms with Crippen LogP contribution < -0.4 is 21.5 Å². The minimum Gasteiger partial charge on any atom is -0.394 e. The molecule has 2 aromatic carbocycles. The molecular formula is C45H65ClN12O9Si. The first-order chi connectivity index (χ1) is 31.3. The van der Waals surface area contributed by atoms with Crippen LogP contribution in [0.15, 0.2) is 92.9 Å². The fourth-order valence-corrected chi connectivity index (χ4v) is 11.6. The van der Waals surface area contributed by atoms with Crippen molar-refractivity contribution in [1.82, 2.24) is 48.8 Å². The van der Waals surface area contributed by atoms with Crippen molar-refractivity contribution in [2.24, 2.45) is 9.98 Å². The lowest BCUT2D eigenvalue weighted by Crippen LogP contribution is -2.59. The Hall–Kier alpha value is -5.69. The molecule has 68 heavy (non-hydrogen) atoms. The van der Waals surface area contributed by atoms with E-state index in [0.29, 0.717) is 6.42 Å². The van der Waals surface area contributed by atoms with Gasteiger partial charge in [-0.2, -0.15) is 21.0 Å². The summed E-state index contributed by atoms with van der Waals surface area (Å²) in [6.07, 6.45) is -1.85. The van der Waals surface area contributed by atoms with Crippen molar-refractivity contribution in [2.45, 2.75) is 103 Å². The molecule has 6 heterocycles. The summed E-state index contributed by atoms with van der Waals surface area (Å²) in [6.45, 7) is 8.13. The molecule has 0 amide bonds. The maximum Gasteiger partial charge on any atom is 0.280 e. The summed E-state index contributed by atoms with van der Waals surface area (Å²) in [5.74, 6) is 0.178. The van der Waals surface area contributed by atoms with Crippen LogP contribution >= 0.6 is 11.1 Å². The second-order valence-corrected chi connectivity index (χ2v) is 22.8. The predicted molar refractivity (Wildman–Crippen MR) is 266 cm³/mol. The van der Waals surface area contributed by atoms with Gasteiger partial charge in [0.25, 0.3) is 11.1 Å². The van der Waals surface area contributed by atoms with E-state index < -0.39 is 74.2 Å². The number of aliphatic imine (C=N–C) groups is 2. The smallest absolute Gasteiger partial charge is 0.280 e. The van der Waals surface area contributed by atoms with E-state index in [1.165, 1.54) is 44.8 Å². The number of hydrogen-bond acceptors (Lipinski definition) is 15. The van der Waals surface area contributed by atoms with Crippen molar-refractivity contribution in [3.05, 3.63) is 94.0 Å². The third kappa shape index (κ3) is 11.6. The summed E-state index contributed by atoms with van der Waals surface area (Å²) in [4.78, 5) is 57.2. The topological polar surface area (TPSA) is 278 Å². The van der Waals surface area contributed by atoms with Crippen molar-refractivity contribution >= 4 is 75.7 Å². The first-order valence-corrected chi connectivity index (χ1v) is 24.1. The Balaban J connectivity index is 0.000000222. The average molecular weight is 982 g/mol. The van der Waals surface area contributed by atoms with Crippen LogP contribution in [-0.4, -0.2) is 166 Å². The number of fused-ring (bicyclic) bond motifs is 2. The van der Waals surface area contributed by atoms with Gasteiger partial charge in [0.05, 0.1) is 38.0 Å². The number of nitrogens with one attached hydrogen (secondary N) is 2. The Labute approximate surface area is 400 Å². The number of aromatic amines is 2. The Morgan fingerprint density at radius 2 is 1.09 bits per heavy atom. The molecule has 8 atom stereocenters. The third-order valence-electron chi connectivity index (χ3n) is 10.8. The van der Waals surface area contributed by atoms with Crippen LogP contribution in [0.4, 0.5) is 11.9 Å². The number of ether oxygens (including phenoxy) is 2. The number of aromatic nitrogens is 8. The number of aliphatic hydroxyl groups excluding tert-OH is 5. The maximum absolute atomic E-state index is 12.1. The SMILES string of the molecule is C.C.CC(C)(C)[Si](Cl)(c1ccccc1)c1ccccc1.CC[C@H]1O[C@@H](n2cnc3c(=O)[nH]c(N=CN(C)C)nc32)[C@H](O)[C@@H]1O.CN(C)C=Nc1nc2c(ncn2[C@@H]2O[C@H](CO)[C@@H](O)[C@H]2O)c(=O)[nH]1. The molecule has 8 rings (SSSR count). The molecule has 2 fully saturated rings. The highest BCUT2D eigenvalue weighted by Gasteiger charge is 2.47. The van der Waals surface area contributed by atoms with E-state index >= 15 is 0 Å². The van der Waals surface area contributed by atoms with Gasteiger partial charge in [0.15, 0.2) is 34.8 Å². The lowest BCUT2D eigenvalue weighted by Gasteiger charge is -2.38. The molecule has 2 aliphatic heterocycles. The van der Waals surface area contributed by atoms with E-state index in [4.69, 9.17) is 20.6 Å². The first kappa shape index (κ1) is 54.9. The number of benzene rings is 2. The van der Waals surface area contributed by atoms with Gasteiger partial charge < -0.3 is 44.8 Å². The Morgan fingerprint density at radius 1 is 0.706 bits per heavy atom. The van der Waals surface area contributed by atoms with Crippen molar-refractivity contribution in [3.63, 3.8) is 0 Å². The minimum absolute atomic E-state index is 0. The highest BCUT2D eigenvalue weighted by molar-refractivity contribution is 7.35. The second kappa shape index (κ2) is 23.1. The quantitative estimate of drug-likeness (QED) is 0.0449. The molecule has 21 nitrogen and oxygen atoms in total. The van der Waals surface area contributed by atoms with Gasteiger partial charge in [-0.3, -0.25) is 28.7 Å². The molecule has 0 saturated carbocycles. The van der Waals surface area contributed by atoms with Crippen LogP contribution in [0.2, 0.25) is 5.04 Å². The van der Waals surface area contributed by atoms with Gasteiger partial charge in [0, 0.05) is 28.2 Å². The molecule has 0 radical (unpaired) electrons. The molecular weight excluding hydrogens is 916 g/mol. The van der Waals surface area contributed by atoms with Crippen LogP contribution in [0.1, 0.15) is 61.4 Å². The van der Waals surface area contributed by atoms with Crippen molar-refractivity contribution in [1.29, 1.82) is 0 Å². The van der Waals surface area contributed by atoms with Crippen LogP contribution in [0.3, 0.4) is 0 Å². The number of rotatable bonds is 10. The molecule has 7 N–H and O–H groups in total. The molecule has 0 unspecified atom stereocenters. The number of imidazole rings is 2. The lowest BCUT2D eigenvalue weighted by atomic mass is 10.1. The first-order valence-electron chi connectivity index (χ1n) is 21.1. The van der Waals surface area contributed by atoms with Gasteiger partial charge in [0.1, 0.15) is 30.5 Å². The maximum atomic E-state index is 12.1. The molecule has 370 valence electrons. The highest BCUT2D eigenvalue weighted by atomic mass is 35.6. The van der Waals surface area contributed by atoms with E-state index in [1.54, 1.807) is 38.0 Å². The summed E-state index contributed by atoms with van der Waals surface area (Å²) in [5, 5.41) is 52.1. The number of H-pyrrole nitrogens is 2. The number of aliphatic hydroxyl groups is 5. The van der Waals surface area contributed by atoms with E-state index in [9.17, 15) is 35.1 Å². The summed E-state index contributed by atoms with van der Waals surface area (Å²) in [5.41, 5.74) is -0.376. The highest BCUT2D eigenvalue weighted by Crippen LogP contribution is 2.38. The molecule has 0 bridgehead atoms. The van der Waals surface area contributed by atoms with Gasteiger partial charge in [0.2, 0.25) is 19.3 Å². The standard InChI is InChI=1S/C16H19ClSi.C14H20N6O4.C13H18N6O5.2CH4/c1-16(2,3)18(17,14-10-6-4-7-11-14)15-12-8-5-9-13-15;1-4-7-9(21)10(22)13(24-7)20-6-15-8-11(20)17-14(18-12(8)23)16-5-19(2)3;1-18(2)4-15-13-16-10-7(11(23)17-13)14-5-19(10)12-9(22)8(21)6(3-20)24-12;;/h4-13H,1-3H3;5-7,9-10,13,21-22H,4H2,1-3H3,(H,17,18,23);4-6,8-9,12,20-22H,3H2,1-2H3,(H,16,17,23);2*1H4/t;7-,9-,10-,13-;6-,8-,9-,12-;;/m.11../s1. The average Bonchev–Trinajstić information content (AvgIpc) is 4.06. The van der Waals surface area contributed by atoms with E-state index in [0.717, 1.165) is 0 Å². The zero-order valence-corrected chi connectivity index (χ0v) is 39.6. The van der Waals surface area contributed by atoms with Crippen molar-refractivity contribution < 1.29 is 35.0 Å². The molecule has 2 aliphatic rings. The summed E-state index contributed by atoms with van der Waals surface area (Å²) >= 11 is 7.21. The number of hydrogen-bond donors (Lipinski definition) is 7. The molecule has 2 saturated heterocycles. The monoisotopic (exact) mass is 980 g/mol. The number of halogens is 1. The normalized spacial score (nSPS) is 22.6. The Bertz CT molecular complexity index is 2550. The van der Waals surface area contributed by atoms with Gasteiger partial charge in [-0.1, -0.05) is 103 Å². The molecule has 6 aromatic rings. The molecule has 0 aliphatic carbocycles. The molecule has 23 heteroatoms. The molecule has 0 spiro atoms. The van der Waals surface area contributed by atoms with Gasteiger partial charge in [-0.25, -0.2) is 20.0 Å². The van der Waals surface area contributed by atoms with Gasteiger partial charge >= 0.3 is 0 Å². The zero-order valence-electron chi connectivity index (χ0n) is 37.8. The predicted octanol–water partition coefficient (Wildman–Crippen LogP) is 2.38. The largest absolute Gasteiger partial charge is 0.394 e. The van der Waals surface area contributed by atoms with E-state index in [-0.39, 0.29) is 54.1 Å². The number of nitrogens with zero attached hydrogens (tertiary/aromatic N) is 10. The van der Waals surface area contributed by atoms with Gasteiger partial charge in [-0.15, -0.1) is 0 Å². The van der Waals surface area contributed by atoms with Crippen LogP contribution in [0.5, 0.6) is 0 Å². The van der Waals surface area contributed by atoms with Gasteiger partial charge in [-0.05, 0) is 21.8 Å². The Morgan fingerprint density at radius 3 is 1.41 bits per heavy atom. The summed E-state index contributed by atoms with van der Waals surface area (Å²) in [7, 11) is 4.89. The summed E-state index contributed by atoms with van der Waals surface area (Å²) in [6, 6.07) is 21.1. The summed E-state index contributed by atoms with van der Waals surface area (Å²) < 4.78 is 13.9. The van der Waals surface area contributed by atoms with Crippen LogP contribution in [0, 0.1) is 0 Å². The van der Waals surface area contributed by atoms with Crippen LogP contribution in [0.25, 0.3) is 22.3 Å². The lowest BCUT2D eigenvalue weighted by molar-refractivity contribution is -0.0511. The minimum atomic E-state index is -2.23. The fraction of sp³-hybridized carbons (Fsp3) is 0.467. The fourth-order valence-electron chi connectivity index (χ4n) is 7.44. The third-order valence-corrected chi connectivity index (χ3v) is 18.2. The zero-order chi connectivity index (χ0) is 48.1. The molecule has 4 aromatic heterocycles. The van der Waals surface area contributed by atoms with Crippen molar-refractivity contribution in [3.8, 4) is 0 Å². The van der Waals surface area contributed by atoms with E-state index in [2.05, 4.69) is 109 Å².